The molecule has 2 aliphatic heterocycles. The van der Waals surface area contributed by atoms with Crippen molar-refractivity contribution >= 4 is 0 Å². The van der Waals surface area contributed by atoms with Crippen molar-refractivity contribution < 1.29 is 10.0 Å². The van der Waals surface area contributed by atoms with Gasteiger partial charge < -0.3 is 15.8 Å². The molecule has 0 aromatic carbocycles. The van der Waals surface area contributed by atoms with Crippen LogP contribution in [0.5, 0.6) is 0 Å². The highest BCUT2D eigenvalue weighted by atomic mass is 16.6. The molecule has 0 saturated carbocycles. The Balaban J connectivity index is 2.27. The van der Waals surface area contributed by atoms with E-state index in [0.717, 1.165) is 0 Å². The van der Waals surface area contributed by atoms with Gasteiger partial charge in [0.15, 0.2) is 0 Å². The lowest BCUT2D eigenvalue weighted by atomic mass is 10.2. The predicted molar refractivity (Wildman–Crippen MR) is 50.0 cm³/mol. The zero-order valence-electron chi connectivity index (χ0n) is 7.60. The number of hydrazine groups is 2. The van der Waals surface area contributed by atoms with Crippen LogP contribution in [0.25, 0.3) is 0 Å². The number of aliphatic hydroxyl groups excluding tert-OH is 1. The van der Waals surface area contributed by atoms with Crippen LogP contribution in [0.4, 0.5) is 0 Å². The molecule has 8 nitrogen and oxygen atoms in total. The zero-order chi connectivity index (χ0) is 10.8. The van der Waals surface area contributed by atoms with Crippen LogP contribution in [-0.2, 0) is 0 Å². The van der Waals surface area contributed by atoms with Crippen LogP contribution < -0.4 is 16.3 Å². The van der Waals surface area contributed by atoms with Crippen molar-refractivity contribution in [2.75, 3.05) is 6.54 Å². The number of hydrogen-bond acceptors (Lipinski definition) is 7. The zero-order valence-corrected chi connectivity index (χ0v) is 7.60. The molecule has 2 aliphatic rings. The van der Waals surface area contributed by atoms with Crippen LogP contribution in [0, 0.1) is 10.1 Å². The number of dihydropyridines is 1. The number of allylic oxidation sites excluding steroid dienone is 1. The van der Waals surface area contributed by atoms with Gasteiger partial charge in [0.25, 0.3) is 5.70 Å². The van der Waals surface area contributed by atoms with Gasteiger partial charge in [-0.15, -0.1) is 5.53 Å². The lowest BCUT2D eigenvalue weighted by Crippen LogP contribution is -2.38. The van der Waals surface area contributed by atoms with Crippen molar-refractivity contribution in [3.63, 3.8) is 0 Å². The summed E-state index contributed by atoms with van der Waals surface area (Å²) in [7, 11) is 0. The molecule has 2 rings (SSSR count). The van der Waals surface area contributed by atoms with Crippen LogP contribution in [-0.4, -0.2) is 21.6 Å². The van der Waals surface area contributed by atoms with E-state index in [1.165, 1.54) is 11.1 Å². The summed E-state index contributed by atoms with van der Waals surface area (Å²) in [5, 5.41) is 24.0. The second-order valence-electron chi connectivity index (χ2n) is 2.92. The maximum atomic E-state index is 10.5. The third-order valence-corrected chi connectivity index (χ3v) is 1.97. The molecule has 8 heteroatoms. The summed E-state index contributed by atoms with van der Waals surface area (Å²) in [5.41, 5.74) is 5.60. The Kier molecular flexibility index (Phi) is 2.18. The van der Waals surface area contributed by atoms with Gasteiger partial charge in [-0.05, 0) is 0 Å². The number of nitrogens with one attached hydrogen (secondary N) is 3. The van der Waals surface area contributed by atoms with E-state index in [2.05, 4.69) is 16.3 Å². The molecular weight excluding hydrogens is 202 g/mol. The predicted octanol–water partition coefficient (Wildman–Crippen LogP) is -0.727. The lowest BCUT2D eigenvalue weighted by molar-refractivity contribution is -0.426. The lowest BCUT2D eigenvalue weighted by Gasteiger charge is -2.20. The van der Waals surface area contributed by atoms with Crippen LogP contribution in [0.3, 0.4) is 0 Å². The first-order valence-electron chi connectivity index (χ1n) is 4.17. The number of nitro groups is 1. The van der Waals surface area contributed by atoms with E-state index in [1.807, 2.05) is 0 Å². The van der Waals surface area contributed by atoms with Crippen LogP contribution >= 0.6 is 0 Å². The molecule has 0 radical (unpaired) electrons. The Morgan fingerprint density at radius 3 is 3.00 bits per heavy atom. The van der Waals surface area contributed by atoms with Gasteiger partial charge in [-0.25, -0.2) is 0 Å². The largest absolute Gasteiger partial charge is 0.493 e. The quantitative estimate of drug-likeness (QED) is 0.353. The van der Waals surface area contributed by atoms with Gasteiger partial charge in [0.05, 0.1) is 4.92 Å². The summed E-state index contributed by atoms with van der Waals surface area (Å²) in [6, 6.07) is 0. The third kappa shape index (κ3) is 1.70. The molecule has 0 saturated heterocycles. The van der Waals surface area contributed by atoms with Crippen molar-refractivity contribution in [3.8, 4) is 0 Å². The summed E-state index contributed by atoms with van der Waals surface area (Å²) in [4.78, 5) is 10.0. The fourth-order valence-corrected chi connectivity index (χ4v) is 1.24. The van der Waals surface area contributed by atoms with E-state index in [-0.39, 0.29) is 23.8 Å². The average molecular weight is 211 g/mol. The van der Waals surface area contributed by atoms with E-state index in [9.17, 15) is 15.2 Å². The second-order valence-corrected chi connectivity index (χ2v) is 2.92. The van der Waals surface area contributed by atoms with Crippen molar-refractivity contribution in [3.05, 3.63) is 45.9 Å². The first-order chi connectivity index (χ1) is 7.18. The normalized spacial score (nSPS) is 19.7. The summed E-state index contributed by atoms with van der Waals surface area (Å²) in [6.45, 7) is 0.00726. The molecule has 15 heavy (non-hydrogen) atoms. The molecule has 0 atom stereocenters. The molecule has 0 aromatic heterocycles. The fourth-order valence-electron chi connectivity index (χ4n) is 1.24. The smallest absolute Gasteiger partial charge is 0.267 e. The molecule has 0 spiro atoms. The van der Waals surface area contributed by atoms with Gasteiger partial charge in [-0.2, -0.15) is 0 Å². The number of rotatable bonds is 2. The fraction of sp³-hybridized carbons (Fsp3) is 0.143. The second kappa shape index (κ2) is 3.50. The molecule has 2 heterocycles. The van der Waals surface area contributed by atoms with Gasteiger partial charge >= 0.3 is 0 Å². The molecule has 0 unspecified atom stereocenters. The van der Waals surface area contributed by atoms with E-state index < -0.39 is 4.92 Å². The van der Waals surface area contributed by atoms with Gasteiger partial charge in [0, 0.05) is 18.5 Å². The van der Waals surface area contributed by atoms with Crippen molar-refractivity contribution in [1.29, 1.82) is 0 Å². The number of aliphatic hydroxyl groups is 1. The monoisotopic (exact) mass is 211 g/mol. The summed E-state index contributed by atoms with van der Waals surface area (Å²) in [6.07, 6.45) is 4.48. The van der Waals surface area contributed by atoms with Crippen LogP contribution in [0.2, 0.25) is 0 Å². The minimum atomic E-state index is -0.493. The Morgan fingerprint density at radius 2 is 2.40 bits per heavy atom. The summed E-state index contributed by atoms with van der Waals surface area (Å²) < 4.78 is 0. The van der Waals surface area contributed by atoms with Gasteiger partial charge in [-0.1, -0.05) is 0 Å². The van der Waals surface area contributed by atoms with Crippen LogP contribution in [0.15, 0.2) is 35.8 Å². The van der Waals surface area contributed by atoms with E-state index in [4.69, 9.17) is 0 Å². The van der Waals surface area contributed by atoms with E-state index in [1.54, 1.807) is 12.4 Å². The van der Waals surface area contributed by atoms with E-state index >= 15 is 0 Å². The van der Waals surface area contributed by atoms with Gasteiger partial charge in [-0.3, -0.25) is 15.1 Å². The molecule has 0 amide bonds. The summed E-state index contributed by atoms with van der Waals surface area (Å²) in [5.74, 6) is -0.110. The molecule has 0 fully saturated rings. The third-order valence-electron chi connectivity index (χ3n) is 1.97. The maximum Gasteiger partial charge on any atom is 0.267 e. The van der Waals surface area contributed by atoms with E-state index in [0.29, 0.717) is 0 Å². The minimum absolute atomic E-state index is 0.00726. The minimum Gasteiger partial charge on any atom is -0.493 e. The summed E-state index contributed by atoms with van der Waals surface area (Å²) >= 11 is 0. The Labute approximate surface area is 84.6 Å². The molecule has 0 aliphatic carbocycles. The standard InChI is InChI=1S/C7H9N5O3/c13-7-6(11-2-1-9-10-11)3-5(4-8-7)12(14)15/h1-3,8-10,13H,4H2. The highest BCUT2D eigenvalue weighted by molar-refractivity contribution is 5.28. The van der Waals surface area contributed by atoms with Crippen molar-refractivity contribution in [2.24, 2.45) is 0 Å². The van der Waals surface area contributed by atoms with Crippen molar-refractivity contribution in [1.82, 2.24) is 21.3 Å². The highest BCUT2D eigenvalue weighted by Gasteiger charge is 2.23. The first-order valence-corrected chi connectivity index (χ1v) is 4.17. The van der Waals surface area contributed by atoms with Crippen molar-refractivity contribution in [2.45, 2.75) is 0 Å². The van der Waals surface area contributed by atoms with Gasteiger partial charge in [0.2, 0.25) is 5.88 Å². The SMILES string of the molecule is O=[N+]([O-])C1=CC(N2C=CNN2)=C(O)NC1. The Bertz CT molecular complexity index is 386. The molecular formula is C7H9N5O3. The topological polar surface area (TPSA) is 103 Å². The highest BCUT2D eigenvalue weighted by Crippen LogP contribution is 2.15. The molecule has 0 aromatic rings. The molecule has 4 N–H and O–H groups in total. The number of nitrogens with zero attached hydrogens (tertiary/aromatic N) is 2. The molecule has 80 valence electrons. The average Bonchev–Trinajstić information content (AvgIpc) is 2.71. The Hall–Kier alpha value is -2.22. The number of hydrogen-bond donors (Lipinski definition) is 4. The maximum absolute atomic E-state index is 10.5. The first kappa shape index (κ1) is 9.34. The molecule has 0 bridgehead atoms. The van der Waals surface area contributed by atoms with Gasteiger partial charge in [0.1, 0.15) is 12.2 Å². The van der Waals surface area contributed by atoms with Crippen LogP contribution in [0.1, 0.15) is 0 Å². The Morgan fingerprint density at radius 1 is 1.60 bits per heavy atom.